The van der Waals surface area contributed by atoms with Crippen molar-refractivity contribution in [2.45, 2.75) is 84.0 Å². The minimum absolute atomic E-state index is 0.0404. The highest BCUT2D eigenvalue weighted by molar-refractivity contribution is 5.94. The van der Waals surface area contributed by atoms with Crippen LogP contribution in [-0.2, 0) is 14.4 Å². The van der Waals surface area contributed by atoms with E-state index < -0.39 is 5.97 Å². The lowest BCUT2D eigenvalue weighted by Gasteiger charge is -2.16. The van der Waals surface area contributed by atoms with Gasteiger partial charge in [0.25, 0.3) is 0 Å². The van der Waals surface area contributed by atoms with Gasteiger partial charge in [-0.05, 0) is 44.1 Å². The lowest BCUT2D eigenvalue weighted by Crippen LogP contribution is -2.16. The van der Waals surface area contributed by atoms with Gasteiger partial charge in [-0.25, -0.2) is 0 Å². The van der Waals surface area contributed by atoms with Crippen LogP contribution in [0.3, 0.4) is 0 Å². The quantitative estimate of drug-likeness (QED) is 0.245. The first-order valence-corrected chi connectivity index (χ1v) is 10.2. The van der Waals surface area contributed by atoms with Gasteiger partial charge in [0.2, 0.25) is 0 Å². The molecule has 0 fully saturated rings. The summed E-state index contributed by atoms with van der Waals surface area (Å²) in [4.78, 5) is 34.7. The number of carbonyl (C=O) groups excluding carboxylic acids is 3. The summed E-state index contributed by atoms with van der Waals surface area (Å²) in [5, 5.41) is 6.86. The van der Waals surface area contributed by atoms with Gasteiger partial charge in [-0.2, -0.15) is 0 Å². The Morgan fingerprint density at radius 2 is 1.81 bits per heavy atom. The van der Waals surface area contributed by atoms with E-state index in [1.54, 1.807) is 6.08 Å². The fourth-order valence-electron chi connectivity index (χ4n) is 3.40. The molecular weight excluding hydrogens is 328 g/mol. The third kappa shape index (κ3) is 9.69. The molecule has 4 nitrogen and oxygen atoms in total. The van der Waals surface area contributed by atoms with Crippen LogP contribution in [0.4, 0.5) is 0 Å². The molecule has 0 saturated heterocycles. The van der Waals surface area contributed by atoms with Crippen molar-refractivity contribution in [1.29, 1.82) is 0 Å². The summed E-state index contributed by atoms with van der Waals surface area (Å²) in [6.07, 6.45) is 17.9. The molecule has 1 rings (SSSR count). The number of allylic oxidation sites excluding steroid dienone is 4. The van der Waals surface area contributed by atoms with E-state index in [4.69, 9.17) is 5.11 Å². The standard InChI is InChI=1S/C22H34O4/c1-2-3-4-5-8-11-19(23)16-14-18-15-17-21(24)20(18)12-9-6-7-10-13-22(25)26/h6,9,15,17-18,20H,2-5,7-8,10-14,16H2,1H3,(H,25,26)/p+1/b9-6-/t18-,20+/m0/s1. The average Bonchev–Trinajstić information content (AvgIpc) is 2.95. The molecule has 0 saturated carbocycles. The van der Waals surface area contributed by atoms with E-state index in [9.17, 15) is 14.4 Å². The molecule has 0 heterocycles. The Morgan fingerprint density at radius 3 is 2.54 bits per heavy atom. The highest BCUT2D eigenvalue weighted by Crippen LogP contribution is 2.30. The second-order valence-corrected chi connectivity index (χ2v) is 7.30. The Morgan fingerprint density at radius 1 is 1.04 bits per heavy atom. The Labute approximate surface area is 157 Å². The molecule has 26 heavy (non-hydrogen) atoms. The van der Waals surface area contributed by atoms with Crippen LogP contribution in [0.1, 0.15) is 84.0 Å². The van der Waals surface area contributed by atoms with E-state index in [-0.39, 0.29) is 24.0 Å². The van der Waals surface area contributed by atoms with E-state index in [0.29, 0.717) is 31.5 Å². The van der Waals surface area contributed by atoms with Gasteiger partial charge in [0.1, 0.15) is 12.2 Å². The molecule has 146 valence electrons. The second-order valence-electron chi connectivity index (χ2n) is 7.30. The third-order valence-corrected chi connectivity index (χ3v) is 5.04. The van der Waals surface area contributed by atoms with Gasteiger partial charge in [-0.15, -0.1) is 0 Å². The van der Waals surface area contributed by atoms with Crippen LogP contribution in [-0.4, -0.2) is 22.6 Å². The lowest BCUT2D eigenvalue weighted by molar-refractivity contribution is -0.137. The van der Waals surface area contributed by atoms with Crippen molar-refractivity contribution in [3.05, 3.63) is 24.3 Å². The first kappa shape index (κ1) is 22.3. The van der Waals surface area contributed by atoms with E-state index in [2.05, 4.69) is 6.92 Å². The smallest absolute Gasteiger partial charge is 0.515 e. The zero-order valence-electron chi connectivity index (χ0n) is 16.2. The maximum absolute atomic E-state index is 12.0. The predicted molar refractivity (Wildman–Crippen MR) is 105 cm³/mol. The number of hydrogen-bond acceptors (Lipinski definition) is 3. The number of rotatable bonds is 15. The number of ketones is 2. The largest absolute Gasteiger partial charge is 0.565 e. The molecule has 0 amide bonds. The summed E-state index contributed by atoms with van der Waals surface area (Å²) in [5.41, 5.74) is 0. The molecule has 1 aliphatic rings. The second kappa shape index (κ2) is 13.5. The molecule has 4 heteroatoms. The Kier molecular flexibility index (Phi) is 11.6. The summed E-state index contributed by atoms with van der Waals surface area (Å²) >= 11 is 0. The molecule has 0 unspecified atom stereocenters. The third-order valence-electron chi connectivity index (χ3n) is 5.04. The molecule has 2 N–H and O–H groups in total. The van der Waals surface area contributed by atoms with Crippen molar-refractivity contribution in [3.8, 4) is 0 Å². The highest BCUT2D eigenvalue weighted by Gasteiger charge is 2.28. The van der Waals surface area contributed by atoms with E-state index in [1.165, 1.54) is 19.3 Å². The van der Waals surface area contributed by atoms with Crippen molar-refractivity contribution < 1.29 is 19.5 Å². The summed E-state index contributed by atoms with van der Waals surface area (Å²) in [7, 11) is 0. The van der Waals surface area contributed by atoms with Gasteiger partial charge in [0.15, 0.2) is 5.78 Å². The van der Waals surface area contributed by atoms with Gasteiger partial charge in [-0.3, -0.25) is 9.59 Å². The number of Topliss-reactive ketones (excluding diaryl/α,β-unsaturated/α-hetero) is 1. The fraction of sp³-hybridized carbons (Fsp3) is 0.682. The zero-order valence-corrected chi connectivity index (χ0v) is 16.2. The first-order valence-electron chi connectivity index (χ1n) is 10.2. The minimum atomic E-state index is -0.524. The molecule has 0 aliphatic heterocycles. The summed E-state index contributed by atoms with van der Waals surface area (Å²) < 4.78 is 0. The van der Waals surface area contributed by atoms with Crippen molar-refractivity contribution in [2.75, 3.05) is 0 Å². The van der Waals surface area contributed by atoms with Gasteiger partial charge >= 0.3 is 5.97 Å². The summed E-state index contributed by atoms with van der Waals surface area (Å²) in [5.74, 6) is 0.0905. The Hall–Kier alpha value is -1.71. The van der Waals surface area contributed by atoms with Crippen LogP contribution >= 0.6 is 0 Å². The molecule has 0 radical (unpaired) electrons. The van der Waals surface area contributed by atoms with E-state index in [0.717, 1.165) is 25.7 Å². The molecule has 0 aromatic carbocycles. The topological polar surface area (TPSA) is 74.1 Å². The molecule has 0 aromatic rings. The molecule has 0 aromatic heterocycles. The number of carbonyl (C=O) groups is 3. The number of hydrogen-bond donors (Lipinski definition) is 0. The average molecular weight is 364 g/mol. The molecule has 1 aliphatic carbocycles. The van der Waals surface area contributed by atoms with Crippen LogP contribution in [0.25, 0.3) is 0 Å². The molecule has 0 spiro atoms. The van der Waals surface area contributed by atoms with Crippen LogP contribution in [0.2, 0.25) is 0 Å². The van der Waals surface area contributed by atoms with E-state index in [1.807, 2.05) is 18.2 Å². The van der Waals surface area contributed by atoms with Crippen molar-refractivity contribution in [3.63, 3.8) is 0 Å². The van der Waals surface area contributed by atoms with Gasteiger partial charge in [0, 0.05) is 23.6 Å². The van der Waals surface area contributed by atoms with Crippen LogP contribution in [0, 0.1) is 11.8 Å². The summed E-state index contributed by atoms with van der Waals surface area (Å²) in [6.45, 7) is 2.19. The van der Waals surface area contributed by atoms with Gasteiger partial charge in [0.05, 0.1) is 0 Å². The molecule has 0 bridgehead atoms. The predicted octanol–water partition coefficient (Wildman–Crippen LogP) is 4.44. The Balaban J connectivity index is 2.24. The first-order chi connectivity index (χ1) is 12.5. The lowest BCUT2D eigenvalue weighted by atomic mass is 9.87. The SMILES string of the molecule is CCCCCCCC(=O)CC[C@H]1C=CC(=O)[C@@H]1C/C=C\CCCC(=O)[OH2+]. The Bertz CT molecular complexity index is 504. The van der Waals surface area contributed by atoms with Crippen LogP contribution < -0.4 is 0 Å². The maximum Gasteiger partial charge on any atom is 0.515 e. The summed E-state index contributed by atoms with van der Waals surface area (Å²) in [6, 6.07) is 0. The molecule has 2 atom stereocenters. The molecular formula is C22H35O4+. The number of unbranched alkanes of at least 4 members (excludes halogenated alkanes) is 5. The van der Waals surface area contributed by atoms with Crippen molar-refractivity contribution in [2.24, 2.45) is 11.8 Å². The maximum atomic E-state index is 12.0. The van der Waals surface area contributed by atoms with Crippen LogP contribution in [0.5, 0.6) is 0 Å². The van der Waals surface area contributed by atoms with Gasteiger partial charge in [-0.1, -0.05) is 50.8 Å². The van der Waals surface area contributed by atoms with Crippen molar-refractivity contribution in [1.82, 2.24) is 0 Å². The zero-order chi connectivity index (χ0) is 19.2. The fourth-order valence-corrected chi connectivity index (χ4v) is 3.40. The normalized spacial score (nSPS) is 19.5. The van der Waals surface area contributed by atoms with Crippen molar-refractivity contribution >= 4 is 17.5 Å². The van der Waals surface area contributed by atoms with Gasteiger partial charge < -0.3 is 5.11 Å². The monoisotopic (exact) mass is 363 g/mol. The van der Waals surface area contributed by atoms with Crippen LogP contribution in [0.15, 0.2) is 24.3 Å². The van der Waals surface area contributed by atoms with E-state index >= 15 is 0 Å². The highest BCUT2D eigenvalue weighted by atomic mass is 16.4. The minimum Gasteiger partial charge on any atom is -0.565 e.